The standard InChI is InChI=1S/C17H38N2O3Si/c1-14(18)13-19(15(20)22-16(2,3)4)11-10-12-21-23(8,9)17(5,6)7/h14H,10-13,18H2,1-9H3/t14-/m1/s1. The molecule has 0 fully saturated rings. The molecule has 1 atom stereocenters. The lowest BCUT2D eigenvalue weighted by Gasteiger charge is -2.36. The van der Waals surface area contributed by atoms with Crippen molar-refractivity contribution in [1.82, 2.24) is 4.90 Å². The summed E-state index contributed by atoms with van der Waals surface area (Å²) in [5.74, 6) is 0. The molecule has 0 aromatic heterocycles. The highest BCUT2D eigenvalue weighted by atomic mass is 28.4. The summed E-state index contributed by atoms with van der Waals surface area (Å²) in [7, 11) is -1.73. The number of hydrogen-bond acceptors (Lipinski definition) is 4. The van der Waals surface area contributed by atoms with Crippen LogP contribution in [0.2, 0.25) is 18.1 Å². The predicted octanol–water partition coefficient (Wildman–Crippen LogP) is 3.98. The minimum Gasteiger partial charge on any atom is -0.444 e. The largest absolute Gasteiger partial charge is 0.444 e. The summed E-state index contributed by atoms with van der Waals surface area (Å²) in [6.07, 6.45) is 0.487. The Morgan fingerprint density at radius 1 is 1.17 bits per heavy atom. The predicted molar refractivity (Wildman–Crippen MR) is 99.2 cm³/mol. The van der Waals surface area contributed by atoms with Crippen LogP contribution in [0, 0.1) is 0 Å². The van der Waals surface area contributed by atoms with Crippen molar-refractivity contribution < 1.29 is 14.0 Å². The number of rotatable bonds is 7. The van der Waals surface area contributed by atoms with Gasteiger partial charge in [-0.1, -0.05) is 20.8 Å². The van der Waals surface area contributed by atoms with E-state index in [1.54, 1.807) is 4.90 Å². The minimum absolute atomic E-state index is 0.0798. The SMILES string of the molecule is C[C@@H](N)CN(CCCO[Si](C)(C)C(C)(C)C)C(=O)OC(C)(C)C. The van der Waals surface area contributed by atoms with Gasteiger partial charge in [-0.05, 0) is 52.2 Å². The van der Waals surface area contributed by atoms with Crippen LogP contribution >= 0.6 is 0 Å². The molecule has 0 unspecified atom stereocenters. The van der Waals surface area contributed by atoms with Crippen LogP contribution in [0.5, 0.6) is 0 Å². The molecule has 23 heavy (non-hydrogen) atoms. The van der Waals surface area contributed by atoms with Gasteiger partial charge < -0.3 is 19.8 Å². The molecule has 5 nitrogen and oxygen atoms in total. The molecule has 0 aliphatic rings. The lowest BCUT2D eigenvalue weighted by Crippen LogP contribution is -2.44. The maximum Gasteiger partial charge on any atom is 0.410 e. The van der Waals surface area contributed by atoms with Crippen LogP contribution in [-0.2, 0) is 9.16 Å². The zero-order valence-electron chi connectivity index (χ0n) is 16.7. The molecule has 138 valence electrons. The fourth-order valence-corrected chi connectivity index (χ4v) is 2.82. The Balaban J connectivity index is 4.50. The maximum absolute atomic E-state index is 12.3. The average Bonchev–Trinajstić information content (AvgIpc) is 2.28. The monoisotopic (exact) mass is 346 g/mol. The third kappa shape index (κ3) is 9.32. The van der Waals surface area contributed by atoms with Crippen molar-refractivity contribution in [3.05, 3.63) is 0 Å². The number of carbonyl (C=O) groups is 1. The first-order valence-corrected chi connectivity index (χ1v) is 11.4. The average molecular weight is 347 g/mol. The molecular weight excluding hydrogens is 308 g/mol. The van der Waals surface area contributed by atoms with E-state index in [4.69, 9.17) is 14.9 Å². The molecule has 0 spiro atoms. The fraction of sp³-hybridized carbons (Fsp3) is 0.941. The zero-order valence-corrected chi connectivity index (χ0v) is 17.7. The first kappa shape index (κ1) is 22.4. The summed E-state index contributed by atoms with van der Waals surface area (Å²) in [5, 5.41) is 0.198. The quantitative estimate of drug-likeness (QED) is 0.559. The third-order valence-electron chi connectivity index (χ3n) is 4.00. The molecule has 0 aromatic rings. The zero-order chi connectivity index (χ0) is 18.5. The van der Waals surface area contributed by atoms with Gasteiger partial charge >= 0.3 is 6.09 Å². The van der Waals surface area contributed by atoms with Gasteiger partial charge in [-0.2, -0.15) is 0 Å². The second-order valence-corrected chi connectivity index (χ2v) is 13.7. The maximum atomic E-state index is 12.3. The van der Waals surface area contributed by atoms with Gasteiger partial charge in [0.2, 0.25) is 0 Å². The molecule has 0 aliphatic heterocycles. The summed E-state index contributed by atoms with van der Waals surface area (Å²) in [6, 6.07) is -0.0798. The number of ether oxygens (including phenoxy) is 1. The Morgan fingerprint density at radius 2 is 1.70 bits per heavy atom. The van der Waals surface area contributed by atoms with Crippen molar-refractivity contribution in [2.75, 3.05) is 19.7 Å². The molecule has 0 saturated carbocycles. The first-order chi connectivity index (χ1) is 10.2. The van der Waals surface area contributed by atoms with E-state index in [-0.39, 0.29) is 17.2 Å². The molecule has 0 aromatic carbocycles. The highest BCUT2D eigenvalue weighted by Gasteiger charge is 2.36. The number of amides is 1. The lowest BCUT2D eigenvalue weighted by atomic mass is 10.2. The van der Waals surface area contributed by atoms with Gasteiger partial charge in [0.1, 0.15) is 5.60 Å². The van der Waals surface area contributed by atoms with Crippen LogP contribution in [-0.4, -0.2) is 50.6 Å². The van der Waals surface area contributed by atoms with Crippen LogP contribution < -0.4 is 5.73 Å². The van der Waals surface area contributed by atoms with Gasteiger partial charge in [0.25, 0.3) is 0 Å². The lowest BCUT2D eigenvalue weighted by molar-refractivity contribution is 0.0233. The molecule has 0 radical (unpaired) electrons. The Morgan fingerprint density at radius 3 is 2.09 bits per heavy atom. The normalized spacial score (nSPS) is 14.5. The first-order valence-electron chi connectivity index (χ1n) is 8.53. The molecule has 6 heteroatoms. The van der Waals surface area contributed by atoms with Gasteiger partial charge in [-0.25, -0.2) is 4.79 Å². The van der Waals surface area contributed by atoms with Gasteiger partial charge in [-0.15, -0.1) is 0 Å². The Kier molecular flexibility index (Phi) is 8.27. The van der Waals surface area contributed by atoms with Gasteiger partial charge in [0.05, 0.1) is 0 Å². The molecule has 0 aliphatic carbocycles. The summed E-state index contributed by atoms with van der Waals surface area (Å²) in [4.78, 5) is 13.9. The van der Waals surface area contributed by atoms with E-state index in [0.717, 1.165) is 6.42 Å². The van der Waals surface area contributed by atoms with Crippen LogP contribution in [0.4, 0.5) is 4.79 Å². The van der Waals surface area contributed by atoms with Gasteiger partial charge in [0, 0.05) is 25.7 Å². The van der Waals surface area contributed by atoms with Crippen LogP contribution in [0.1, 0.15) is 54.9 Å². The number of nitrogens with two attached hydrogens (primary N) is 1. The Hall–Kier alpha value is -0.593. The molecule has 0 rings (SSSR count). The summed E-state index contributed by atoms with van der Waals surface area (Å²) >= 11 is 0. The van der Waals surface area contributed by atoms with E-state index in [1.807, 2.05) is 27.7 Å². The van der Waals surface area contributed by atoms with E-state index in [1.165, 1.54) is 0 Å². The second-order valence-electron chi connectivity index (χ2n) is 8.87. The molecule has 0 heterocycles. The van der Waals surface area contributed by atoms with Crippen molar-refractivity contribution >= 4 is 14.4 Å². The van der Waals surface area contributed by atoms with E-state index < -0.39 is 13.9 Å². The number of nitrogens with zero attached hydrogens (tertiary/aromatic N) is 1. The number of hydrogen-bond donors (Lipinski definition) is 1. The molecule has 1 amide bonds. The Labute approximate surface area is 144 Å². The summed E-state index contributed by atoms with van der Waals surface area (Å²) in [5.41, 5.74) is 5.36. The van der Waals surface area contributed by atoms with Crippen LogP contribution in [0.15, 0.2) is 0 Å². The van der Waals surface area contributed by atoms with E-state index >= 15 is 0 Å². The van der Waals surface area contributed by atoms with Crippen molar-refractivity contribution in [2.45, 2.75) is 84.7 Å². The van der Waals surface area contributed by atoms with Crippen molar-refractivity contribution in [3.8, 4) is 0 Å². The van der Waals surface area contributed by atoms with Crippen LogP contribution in [0.3, 0.4) is 0 Å². The smallest absolute Gasteiger partial charge is 0.410 e. The van der Waals surface area contributed by atoms with Gasteiger partial charge in [0.15, 0.2) is 8.32 Å². The fourth-order valence-electron chi connectivity index (χ4n) is 1.73. The Bertz CT molecular complexity index is 371. The third-order valence-corrected chi connectivity index (χ3v) is 8.54. The minimum atomic E-state index is -1.73. The second kappa shape index (κ2) is 8.49. The molecule has 0 saturated heterocycles. The van der Waals surface area contributed by atoms with Crippen LogP contribution in [0.25, 0.3) is 0 Å². The van der Waals surface area contributed by atoms with E-state index in [9.17, 15) is 4.79 Å². The molecule has 2 N–H and O–H groups in total. The van der Waals surface area contributed by atoms with E-state index in [2.05, 4.69) is 33.9 Å². The van der Waals surface area contributed by atoms with E-state index in [0.29, 0.717) is 19.7 Å². The highest BCUT2D eigenvalue weighted by Crippen LogP contribution is 2.36. The van der Waals surface area contributed by atoms with Gasteiger partial charge in [-0.3, -0.25) is 0 Å². The number of carbonyl (C=O) groups excluding carboxylic acids is 1. The summed E-state index contributed by atoms with van der Waals surface area (Å²) < 4.78 is 11.6. The topological polar surface area (TPSA) is 64.8 Å². The van der Waals surface area contributed by atoms with Crippen molar-refractivity contribution in [2.24, 2.45) is 5.73 Å². The van der Waals surface area contributed by atoms with Crippen molar-refractivity contribution in [1.29, 1.82) is 0 Å². The molecular formula is C17H38N2O3Si. The van der Waals surface area contributed by atoms with Crippen molar-refractivity contribution in [3.63, 3.8) is 0 Å². The molecule has 0 bridgehead atoms. The summed E-state index contributed by atoms with van der Waals surface area (Å²) in [6.45, 7) is 20.4. The highest BCUT2D eigenvalue weighted by molar-refractivity contribution is 6.74.